The van der Waals surface area contributed by atoms with Crippen LogP contribution in [0.5, 0.6) is 0 Å². The molecule has 6 heteroatoms. The predicted octanol–water partition coefficient (Wildman–Crippen LogP) is 2.72. The average molecular weight is 257 g/mol. The molecule has 0 spiro atoms. The van der Waals surface area contributed by atoms with E-state index < -0.39 is 34.9 Å². The third kappa shape index (κ3) is 2.06. The summed E-state index contributed by atoms with van der Waals surface area (Å²) >= 11 is 0. The minimum Gasteiger partial charge on any atom is -0.383 e. The minimum absolute atomic E-state index is 0.269. The Bertz CT molecular complexity index is 588. The van der Waals surface area contributed by atoms with Gasteiger partial charge in [0.25, 0.3) is 0 Å². The van der Waals surface area contributed by atoms with Crippen molar-refractivity contribution in [3.63, 3.8) is 0 Å². The van der Waals surface area contributed by atoms with Crippen LogP contribution in [-0.4, -0.2) is 10.1 Å². The Hall–Kier alpha value is -1.95. The molecule has 18 heavy (non-hydrogen) atoms. The molecule has 0 saturated heterocycles. The summed E-state index contributed by atoms with van der Waals surface area (Å²) < 4.78 is 52.5. The van der Waals surface area contributed by atoms with Crippen LogP contribution in [0.15, 0.2) is 30.6 Å². The maximum Gasteiger partial charge on any atom is 0.194 e. The van der Waals surface area contributed by atoms with E-state index >= 15 is 0 Å². The molecule has 1 aromatic carbocycles. The van der Waals surface area contributed by atoms with E-state index in [4.69, 9.17) is 0 Å². The number of benzene rings is 1. The van der Waals surface area contributed by atoms with Crippen LogP contribution in [0.3, 0.4) is 0 Å². The predicted molar refractivity (Wildman–Crippen MR) is 54.6 cm³/mol. The second-order valence-electron chi connectivity index (χ2n) is 3.56. The van der Waals surface area contributed by atoms with Gasteiger partial charge in [-0.25, -0.2) is 17.6 Å². The smallest absolute Gasteiger partial charge is 0.194 e. The van der Waals surface area contributed by atoms with E-state index in [1.807, 2.05) is 0 Å². The van der Waals surface area contributed by atoms with Crippen molar-refractivity contribution in [1.82, 2.24) is 4.98 Å². The summed E-state index contributed by atoms with van der Waals surface area (Å²) in [6.07, 6.45) is 0.290. The molecule has 2 rings (SSSR count). The van der Waals surface area contributed by atoms with Gasteiger partial charge in [0.1, 0.15) is 11.9 Å². The van der Waals surface area contributed by atoms with Gasteiger partial charge in [-0.15, -0.1) is 0 Å². The number of hydrogen-bond acceptors (Lipinski definition) is 2. The molecule has 94 valence electrons. The van der Waals surface area contributed by atoms with Crippen molar-refractivity contribution in [1.29, 1.82) is 0 Å². The Kier molecular flexibility index (Phi) is 3.29. The maximum absolute atomic E-state index is 13.4. The fraction of sp³-hybridized carbons (Fsp3) is 0.0833. The van der Waals surface area contributed by atoms with Crippen molar-refractivity contribution in [3.05, 3.63) is 65.0 Å². The van der Waals surface area contributed by atoms with Gasteiger partial charge >= 0.3 is 0 Å². The molecule has 1 heterocycles. The van der Waals surface area contributed by atoms with Crippen LogP contribution >= 0.6 is 0 Å². The lowest BCUT2D eigenvalue weighted by Gasteiger charge is -2.13. The normalized spacial score (nSPS) is 12.5. The lowest BCUT2D eigenvalue weighted by molar-refractivity contribution is 0.207. The average Bonchev–Trinajstić information content (AvgIpc) is 2.36. The quantitative estimate of drug-likeness (QED) is 0.662. The first-order valence-electron chi connectivity index (χ1n) is 4.93. The molecule has 2 nitrogen and oxygen atoms in total. The number of aliphatic hydroxyl groups is 1. The lowest BCUT2D eigenvalue weighted by atomic mass is 10.0. The van der Waals surface area contributed by atoms with Gasteiger partial charge in [0.2, 0.25) is 0 Å². The fourth-order valence-electron chi connectivity index (χ4n) is 1.53. The molecule has 0 saturated carbocycles. The highest BCUT2D eigenvalue weighted by molar-refractivity contribution is 5.31. The van der Waals surface area contributed by atoms with Crippen LogP contribution in [-0.2, 0) is 0 Å². The Morgan fingerprint density at radius 1 is 0.889 bits per heavy atom. The minimum atomic E-state index is -1.73. The van der Waals surface area contributed by atoms with Crippen LogP contribution in [0.4, 0.5) is 17.6 Å². The van der Waals surface area contributed by atoms with E-state index in [1.54, 1.807) is 0 Å². The Balaban J connectivity index is 2.50. The van der Waals surface area contributed by atoms with Crippen molar-refractivity contribution in [2.45, 2.75) is 6.10 Å². The van der Waals surface area contributed by atoms with Crippen LogP contribution in [0.25, 0.3) is 0 Å². The molecule has 0 aliphatic rings. The zero-order valence-electron chi connectivity index (χ0n) is 8.87. The van der Waals surface area contributed by atoms with Crippen molar-refractivity contribution < 1.29 is 22.7 Å². The third-order valence-corrected chi connectivity index (χ3v) is 2.46. The molecular formula is C12H7F4NO. The van der Waals surface area contributed by atoms with Crippen LogP contribution in [0.1, 0.15) is 17.2 Å². The summed E-state index contributed by atoms with van der Waals surface area (Å²) in [5, 5.41) is 9.77. The highest BCUT2D eigenvalue weighted by atomic mass is 19.2. The molecule has 0 amide bonds. The second kappa shape index (κ2) is 4.73. The van der Waals surface area contributed by atoms with Crippen LogP contribution < -0.4 is 0 Å². The first-order valence-corrected chi connectivity index (χ1v) is 4.93. The second-order valence-corrected chi connectivity index (χ2v) is 3.56. The molecule has 0 radical (unpaired) electrons. The van der Waals surface area contributed by atoms with Gasteiger partial charge < -0.3 is 5.11 Å². The van der Waals surface area contributed by atoms with Gasteiger partial charge in [0.15, 0.2) is 17.5 Å². The molecule has 0 aliphatic heterocycles. The lowest BCUT2D eigenvalue weighted by Crippen LogP contribution is -2.07. The molecule has 1 aromatic heterocycles. The van der Waals surface area contributed by atoms with Crippen molar-refractivity contribution >= 4 is 0 Å². The van der Waals surface area contributed by atoms with E-state index in [0.29, 0.717) is 6.07 Å². The Labute approximate surface area is 99.5 Å². The summed E-state index contributed by atoms with van der Waals surface area (Å²) in [7, 11) is 0. The van der Waals surface area contributed by atoms with Crippen LogP contribution in [0.2, 0.25) is 0 Å². The summed E-state index contributed by atoms with van der Waals surface area (Å²) in [4.78, 5) is 3.46. The van der Waals surface area contributed by atoms with E-state index in [2.05, 4.69) is 4.98 Å². The van der Waals surface area contributed by atoms with Crippen molar-refractivity contribution in [2.75, 3.05) is 0 Å². The number of hydrogen-bond donors (Lipinski definition) is 1. The standard InChI is InChI=1S/C12H7F4NO/c13-8-2-1-7(10(15)11(8)16)12(18)6-3-4-17-5-9(6)14/h1-5,12,18H. The van der Waals surface area contributed by atoms with Gasteiger partial charge in [0, 0.05) is 17.3 Å². The molecular weight excluding hydrogens is 250 g/mol. The van der Waals surface area contributed by atoms with E-state index in [0.717, 1.165) is 18.3 Å². The van der Waals surface area contributed by atoms with Gasteiger partial charge in [-0.2, -0.15) is 0 Å². The summed E-state index contributed by atoms with van der Waals surface area (Å²) in [6.45, 7) is 0. The first kappa shape index (κ1) is 12.5. The molecule has 1 unspecified atom stereocenters. The maximum atomic E-state index is 13.4. The highest BCUT2D eigenvalue weighted by Gasteiger charge is 2.22. The molecule has 0 aliphatic carbocycles. The topological polar surface area (TPSA) is 33.1 Å². The van der Waals surface area contributed by atoms with E-state index in [9.17, 15) is 22.7 Å². The van der Waals surface area contributed by atoms with Gasteiger partial charge in [0.05, 0.1) is 6.20 Å². The third-order valence-electron chi connectivity index (χ3n) is 2.46. The van der Waals surface area contributed by atoms with Gasteiger partial charge in [-0.1, -0.05) is 6.07 Å². The number of halogens is 4. The van der Waals surface area contributed by atoms with Gasteiger partial charge in [-0.05, 0) is 12.1 Å². The molecule has 1 N–H and O–H groups in total. The fourth-order valence-corrected chi connectivity index (χ4v) is 1.53. The number of aromatic nitrogens is 1. The van der Waals surface area contributed by atoms with Crippen molar-refractivity contribution in [2.24, 2.45) is 0 Å². The molecule has 2 aromatic rings. The van der Waals surface area contributed by atoms with E-state index in [1.165, 1.54) is 6.20 Å². The molecule has 0 fully saturated rings. The molecule has 1 atom stereocenters. The summed E-state index contributed by atoms with van der Waals surface area (Å²) in [5.74, 6) is -5.49. The molecule has 0 bridgehead atoms. The Morgan fingerprint density at radius 3 is 2.28 bits per heavy atom. The summed E-state index contributed by atoms with van der Waals surface area (Å²) in [6, 6.07) is 2.65. The number of pyridine rings is 1. The van der Waals surface area contributed by atoms with E-state index in [-0.39, 0.29) is 5.56 Å². The van der Waals surface area contributed by atoms with Gasteiger partial charge in [-0.3, -0.25) is 4.98 Å². The largest absolute Gasteiger partial charge is 0.383 e. The zero-order valence-corrected chi connectivity index (χ0v) is 8.87. The number of rotatable bonds is 2. The summed E-state index contributed by atoms with van der Waals surface area (Å²) in [5.41, 5.74) is -0.811. The SMILES string of the molecule is OC(c1ccncc1F)c1ccc(F)c(F)c1F. The number of nitrogens with zero attached hydrogens (tertiary/aromatic N) is 1. The Morgan fingerprint density at radius 2 is 1.61 bits per heavy atom. The number of aliphatic hydroxyl groups excluding tert-OH is 1. The zero-order chi connectivity index (χ0) is 13.3. The van der Waals surface area contributed by atoms with Crippen molar-refractivity contribution in [3.8, 4) is 0 Å². The monoisotopic (exact) mass is 257 g/mol. The highest BCUT2D eigenvalue weighted by Crippen LogP contribution is 2.27. The first-order chi connectivity index (χ1) is 8.52. The van der Waals surface area contributed by atoms with Crippen LogP contribution in [0, 0.1) is 23.3 Å².